The van der Waals surface area contributed by atoms with Crippen molar-refractivity contribution in [3.63, 3.8) is 0 Å². The largest absolute Gasteiger partial charge is 0.417 e. The van der Waals surface area contributed by atoms with E-state index in [9.17, 15) is 9.59 Å². The molecule has 3 aromatic rings. The van der Waals surface area contributed by atoms with Crippen LogP contribution in [0.15, 0.2) is 57.7 Å². The zero-order valence-corrected chi connectivity index (χ0v) is 15.1. The van der Waals surface area contributed by atoms with Crippen LogP contribution in [-0.2, 0) is 11.2 Å². The first kappa shape index (κ1) is 17.4. The summed E-state index contributed by atoms with van der Waals surface area (Å²) in [4.78, 5) is 28.2. The SMILES string of the molecule is O=C(CNc1ccc2[nH]c(=O)oc2c1)N1CCC(Cc2ccccc2)CC1. The van der Waals surface area contributed by atoms with Crippen LogP contribution >= 0.6 is 0 Å². The van der Waals surface area contributed by atoms with Crippen LogP contribution in [-0.4, -0.2) is 35.4 Å². The average molecular weight is 365 g/mol. The minimum absolute atomic E-state index is 0.101. The number of rotatable bonds is 5. The number of likely N-dealkylation sites (tertiary alicyclic amines) is 1. The monoisotopic (exact) mass is 365 g/mol. The Kier molecular flexibility index (Phi) is 4.96. The molecule has 1 aliphatic rings. The lowest BCUT2D eigenvalue weighted by Crippen LogP contribution is -2.41. The number of hydrogen-bond acceptors (Lipinski definition) is 4. The van der Waals surface area contributed by atoms with Gasteiger partial charge in [-0.2, -0.15) is 0 Å². The molecular formula is C21H23N3O3. The van der Waals surface area contributed by atoms with Crippen LogP contribution in [0.25, 0.3) is 11.1 Å². The molecule has 27 heavy (non-hydrogen) atoms. The van der Waals surface area contributed by atoms with Gasteiger partial charge in [0.25, 0.3) is 0 Å². The summed E-state index contributed by atoms with van der Waals surface area (Å²) in [7, 11) is 0. The maximum absolute atomic E-state index is 12.5. The Morgan fingerprint density at radius 1 is 1.15 bits per heavy atom. The molecule has 140 valence electrons. The molecule has 0 saturated carbocycles. The highest BCUT2D eigenvalue weighted by atomic mass is 16.4. The molecule has 0 aliphatic carbocycles. The molecule has 1 saturated heterocycles. The summed E-state index contributed by atoms with van der Waals surface area (Å²) < 4.78 is 5.05. The van der Waals surface area contributed by atoms with E-state index in [2.05, 4.69) is 34.6 Å². The summed E-state index contributed by atoms with van der Waals surface area (Å²) >= 11 is 0. The van der Waals surface area contributed by atoms with Crippen molar-refractivity contribution in [1.29, 1.82) is 0 Å². The molecule has 4 rings (SSSR count). The predicted molar refractivity (Wildman–Crippen MR) is 105 cm³/mol. The molecule has 2 N–H and O–H groups in total. The standard InChI is InChI=1S/C21H23N3O3/c25-20(14-22-17-6-7-18-19(13-17)27-21(26)23-18)24-10-8-16(9-11-24)12-15-4-2-1-3-5-15/h1-7,13,16,22H,8-12,14H2,(H,23,26). The van der Waals surface area contributed by atoms with Crippen LogP contribution < -0.4 is 11.1 Å². The van der Waals surface area contributed by atoms with Gasteiger partial charge in [0.05, 0.1) is 12.1 Å². The minimum atomic E-state index is -0.475. The van der Waals surface area contributed by atoms with Crippen LogP contribution in [0.5, 0.6) is 0 Å². The Bertz CT molecular complexity index is 969. The molecule has 0 atom stereocenters. The van der Waals surface area contributed by atoms with E-state index in [0.717, 1.165) is 38.0 Å². The molecule has 2 aromatic carbocycles. The predicted octanol–water partition coefficient (Wildman–Crippen LogP) is 3.01. The van der Waals surface area contributed by atoms with Gasteiger partial charge in [-0.3, -0.25) is 9.78 Å². The second-order valence-electron chi connectivity index (χ2n) is 7.09. The lowest BCUT2D eigenvalue weighted by Gasteiger charge is -2.32. The first-order valence-corrected chi connectivity index (χ1v) is 9.36. The lowest BCUT2D eigenvalue weighted by molar-refractivity contribution is -0.130. The second-order valence-corrected chi connectivity index (χ2v) is 7.09. The molecule has 0 spiro atoms. The van der Waals surface area contributed by atoms with Gasteiger partial charge in [0.2, 0.25) is 5.91 Å². The maximum Gasteiger partial charge on any atom is 0.417 e. The summed E-state index contributed by atoms with van der Waals surface area (Å²) in [6.07, 6.45) is 3.17. The van der Waals surface area contributed by atoms with Crippen LogP contribution in [0, 0.1) is 5.92 Å². The lowest BCUT2D eigenvalue weighted by atomic mass is 9.90. The van der Waals surface area contributed by atoms with Gasteiger partial charge in [-0.1, -0.05) is 30.3 Å². The van der Waals surface area contributed by atoms with Gasteiger partial charge in [-0.05, 0) is 42.9 Å². The van der Waals surface area contributed by atoms with Crippen molar-refractivity contribution in [2.24, 2.45) is 5.92 Å². The summed E-state index contributed by atoms with van der Waals surface area (Å²) in [6.45, 7) is 1.86. The second kappa shape index (κ2) is 7.70. The third-order valence-corrected chi connectivity index (χ3v) is 5.20. The summed E-state index contributed by atoms with van der Waals surface area (Å²) in [6, 6.07) is 15.9. The number of hydrogen-bond donors (Lipinski definition) is 2. The Balaban J connectivity index is 1.27. The van der Waals surface area contributed by atoms with Crippen molar-refractivity contribution in [2.45, 2.75) is 19.3 Å². The van der Waals surface area contributed by atoms with Gasteiger partial charge in [0.15, 0.2) is 5.58 Å². The number of oxazole rings is 1. The Morgan fingerprint density at radius 2 is 1.93 bits per heavy atom. The maximum atomic E-state index is 12.5. The van der Waals surface area contributed by atoms with Gasteiger partial charge in [-0.15, -0.1) is 0 Å². The van der Waals surface area contributed by atoms with E-state index in [-0.39, 0.29) is 12.5 Å². The number of aromatic nitrogens is 1. The quantitative estimate of drug-likeness (QED) is 0.729. The molecule has 2 heterocycles. The number of carbonyl (C=O) groups excluding carboxylic acids is 1. The number of anilines is 1. The van der Waals surface area contributed by atoms with E-state index in [0.29, 0.717) is 17.0 Å². The molecule has 0 unspecified atom stereocenters. The van der Waals surface area contributed by atoms with Crippen LogP contribution in [0.3, 0.4) is 0 Å². The fourth-order valence-electron chi connectivity index (χ4n) is 3.68. The van der Waals surface area contributed by atoms with Crippen LogP contribution in [0.1, 0.15) is 18.4 Å². The molecule has 1 aromatic heterocycles. The molecule has 1 fully saturated rings. The highest BCUT2D eigenvalue weighted by molar-refractivity contribution is 5.82. The zero-order valence-electron chi connectivity index (χ0n) is 15.1. The first-order chi connectivity index (χ1) is 13.2. The normalized spacial score (nSPS) is 15.2. The summed E-state index contributed by atoms with van der Waals surface area (Å²) in [5.74, 6) is 0.267. The number of nitrogens with one attached hydrogen (secondary N) is 2. The molecule has 1 amide bonds. The van der Waals surface area contributed by atoms with Gasteiger partial charge < -0.3 is 14.6 Å². The van der Waals surface area contributed by atoms with Crippen LogP contribution in [0.2, 0.25) is 0 Å². The molecule has 0 radical (unpaired) electrons. The fourth-order valence-corrected chi connectivity index (χ4v) is 3.68. The Hall–Kier alpha value is -3.02. The summed E-state index contributed by atoms with van der Waals surface area (Å²) in [5, 5.41) is 3.13. The molecule has 1 aliphatic heterocycles. The number of aromatic amines is 1. The summed E-state index contributed by atoms with van der Waals surface area (Å²) in [5.41, 5.74) is 3.27. The number of amides is 1. The van der Waals surface area contributed by atoms with Crippen molar-refractivity contribution in [3.8, 4) is 0 Å². The number of benzene rings is 2. The van der Waals surface area contributed by atoms with E-state index in [4.69, 9.17) is 4.42 Å². The number of H-pyrrole nitrogens is 1. The molecule has 0 bridgehead atoms. The van der Waals surface area contributed by atoms with E-state index in [1.54, 1.807) is 12.1 Å². The van der Waals surface area contributed by atoms with Crippen molar-refractivity contribution in [2.75, 3.05) is 25.0 Å². The topological polar surface area (TPSA) is 78.3 Å². The first-order valence-electron chi connectivity index (χ1n) is 9.36. The molecule has 6 nitrogen and oxygen atoms in total. The van der Waals surface area contributed by atoms with E-state index in [1.807, 2.05) is 17.0 Å². The smallest absolute Gasteiger partial charge is 0.408 e. The van der Waals surface area contributed by atoms with Crippen LogP contribution in [0.4, 0.5) is 5.69 Å². The number of piperidine rings is 1. The zero-order chi connectivity index (χ0) is 18.6. The van der Waals surface area contributed by atoms with Gasteiger partial charge >= 0.3 is 5.76 Å². The average Bonchev–Trinajstić information content (AvgIpc) is 3.07. The Labute approximate surface area is 157 Å². The third kappa shape index (κ3) is 4.22. The molecule has 6 heteroatoms. The van der Waals surface area contributed by atoms with Crippen molar-refractivity contribution >= 4 is 22.7 Å². The highest BCUT2D eigenvalue weighted by Crippen LogP contribution is 2.22. The van der Waals surface area contributed by atoms with E-state index < -0.39 is 5.76 Å². The highest BCUT2D eigenvalue weighted by Gasteiger charge is 2.22. The molecular weight excluding hydrogens is 342 g/mol. The van der Waals surface area contributed by atoms with Crippen molar-refractivity contribution < 1.29 is 9.21 Å². The van der Waals surface area contributed by atoms with E-state index >= 15 is 0 Å². The number of nitrogens with zero attached hydrogens (tertiary/aromatic N) is 1. The minimum Gasteiger partial charge on any atom is -0.408 e. The number of fused-ring (bicyclic) bond motifs is 1. The van der Waals surface area contributed by atoms with Gasteiger partial charge in [-0.25, -0.2) is 4.79 Å². The number of carbonyl (C=O) groups is 1. The van der Waals surface area contributed by atoms with Gasteiger partial charge in [0, 0.05) is 24.8 Å². The fraction of sp³-hybridized carbons (Fsp3) is 0.333. The van der Waals surface area contributed by atoms with Gasteiger partial charge in [0.1, 0.15) is 0 Å². The van der Waals surface area contributed by atoms with E-state index in [1.165, 1.54) is 5.56 Å². The Morgan fingerprint density at radius 3 is 2.70 bits per heavy atom. The third-order valence-electron chi connectivity index (χ3n) is 5.20. The van der Waals surface area contributed by atoms with Crippen molar-refractivity contribution in [3.05, 3.63) is 64.6 Å². The van der Waals surface area contributed by atoms with Crippen molar-refractivity contribution in [1.82, 2.24) is 9.88 Å².